The van der Waals surface area contributed by atoms with Gasteiger partial charge in [-0.2, -0.15) is 0 Å². The molecule has 1 aliphatic rings. The Morgan fingerprint density at radius 3 is 2.92 bits per heavy atom. The Morgan fingerprint density at radius 1 is 1.69 bits per heavy atom. The number of carbonyl (C=O) groups is 1. The minimum absolute atomic E-state index is 0.0735. The van der Waals surface area contributed by atoms with Gasteiger partial charge in [0, 0.05) is 19.1 Å². The molecule has 0 aromatic heterocycles. The smallest absolute Gasteiger partial charge is 0.246 e. The van der Waals surface area contributed by atoms with Crippen molar-refractivity contribution in [3.05, 3.63) is 12.7 Å². The van der Waals surface area contributed by atoms with Gasteiger partial charge in [-0.25, -0.2) is 0 Å². The average Bonchev–Trinajstić information content (AvgIpc) is 2.50. The van der Waals surface area contributed by atoms with E-state index >= 15 is 0 Å². The lowest BCUT2D eigenvalue weighted by atomic mass is 10.2. The summed E-state index contributed by atoms with van der Waals surface area (Å²) in [7, 11) is 4.07. The van der Waals surface area contributed by atoms with Gasteiger partial charge in [0.15, 0.2) is 0 Å². The van der Waals surface area contributed by atoms with E-state index in [1.807, 2.05) is 19.0 Å². The molecule has 0 radical (unpaired) electrons. The summed E-state index contributed by atoms with van der Waals surface area (Å²) in [6.45, 7) is 5.36. The molecule has 0 aromatic rings. The van der Waals surface area contributed by atoms with Crippen LogP contribution < -0.4 is 0 Å². The van der Waals surface area contributed by atoms with Gasteiger partial charge in [-0.05, 0) is 33.0 Å². The third-order valence-corrected chi connectivity index (χ3v) is 2.41. The molecule has 0 saturated carbocycles. The van der Waals surface area contributed by atoms with Crippen molar-refractivity contribution >= 4 is 5.91 Å². The molecule has 1 unspecified atom stereocenters. The van der Waals surface area contributed by atoms with Crippen LogP contribution >= 0.6 is 0 Å². The Balaban J connectivity index is 2.53. The normalized spacial score (nSPS) is 22.4. The lowest BCUT2D eigenvalue weighted by Gasteiger charge is -2.25. The summed E-state index contributed by atoms with van der Waals surface area (Å²) in [4.78, 5) is 15.4. The fraction of sp³-hybridized carbons (Fsp3) is 0.700. The lowest BCUT2D eigenvalue weighted by molar-refractivity contribution is -0.126. The highest BCUT2D eigenvalue weighted by Crippen LogP contribution is 2.17. The zero-order valence-electron chi connectivity index (χ0n) is 8.49. The lowest BCUT2D eigenvalue weighted by Crippen LogP contribution is -2.40. The Bertz CT molecular complexity index is 201. The van der Waals surface area contributed by atoms with Crippen molar-refractivity contribution in [2.75, 3.05) is 27.2 Å². The average molecular weight is 182 g/mol. The van der Waals surface area contributed by atoms with Crippen LogP contribution in [0.1, 0.15) is 12.8 Å². The van der Waals surface area contributed by atoms with E-state index in [-0.39, 0.29) is 5.91 Å². The van der Waals surface area contributed by atoms with Crippen molar-refractivity contribution in [1.82, 2.24) is 9.80 Å². The molecule has 13 heavy (non-hydrogen) atoms. The van der Waals surface area contributed by atoms with Crippen molar-refractivity contribution in [3.8, 4) is 0 Å². The SMILES string of the molecule is C=CC(=O)N1CCCC1CN(C)C. The summed E-state index contributed by atoms with van der Waals surface area (Å²) in [6, 6.07) is 0.389. The third kappa shape index (κ3) is 2.56. The van der Waals surface area contributed by atoms with Gasteiger partial charge in [-0.15, -0.1) is 0 Å². The maximum Gasteiger partial charge on any atom is 0.246 e. The molecule has 1 aliphatic heterocycles. The van der Waals surface area contributed by atoms with Gasteiger partial charge >= 0.3 is 0 Å². The summed E-state index contributed by atoms with van der Waals surface area (Å²) in [5, 5.41) is 0. The molecule has 1 rings (SSSR count). The highest BCUT2D eigenvalue weighted by atomic mass is 16.2. The van der Waals surface area contributed by atoms with Gasteiger partial charge in [0.25, 0.3) is 0 Å². The Morgan fingerprint density at radius 2 is 2.38 bits per heavy atom. The molecule has 3 heteroatoms. The largest absolute Gasteiger partial charge is 0.335 e. The second-order valence-corrected chi connectivity index (χ2v) is 3.79. The molecule has 0 spiro atoms. The van der Waals surface area contributed by atoms with E-state index in [1.165, 1.54) is 6.08 Å². The van der Waals surface area contributed by atoms with Crippen LogP contribution in [0.2, 0.25) is 0 Å². The van der Waals surface area contributed by atoms with Crippen molar-refractivity contribution < 1.29 is 4.79 Å². The van der Waals surface area contributed by atoms with Crippen molar-refractivity contribution in [3.63, 3.8) is 0 Å². The molecule has 0 aliphatic carbocycles. The first kappa shape index (κ1) is 10.3. The Kier molecular flexibility index (Phi) is 3.48. The van der Waals surface area contributed by atoms with E-state index in [0.29, 0.717) is 6.04 Å². The topological polar surface area (TPSA) is 23.6 Å². The second-order valence-electron chi connectivity index (χ2n) is 3.79. The van der Waals surface area contributed by atoms with Gasteiger partial charge in [0.1, 0.15) is 0 Å². The highest BCUT2D eigenvalue weighted by molar-refractivity contribution is 5.87. The monoisotopic (exact) mass is 182 g/mol. The standard InChI is InChI=1S/C10H18N2O/c1-4-10(13)12-7-5-6-9(12)8-11(2)3/h4,9H,1,5-8H2,2-3H3. The zero-order valence-corrected chi connectivity index (χ0v) is 8.49. The molecule has 1 amide bonds. The maximum atomic E-state index is 11.4. The van der Waals surface area contributed by atoms with Crippen molar-refractivity contribution in [1.29, 1.82) is 0 Å². The summed E-state index contributed by atoms with van der Waals surface area (Å²) in [5.41, 5.74) is 0. The molecule has 1 heterocycles. The molecule has 1 atom stereocenters. The molecule has 0 N–H and O–H groups in total. The predicted octanol–water partition coefficient (Wildman–Crippen LogP) is 0.725. The number of hydrogen-bond donors (Lipinski definition) is 0. The molecular weight excluding hydrogens is 164 g/mol. The minimum atomic E-state index is 0.0735. The molecule has 1 saturated heterocycles. The van der Waals surface area contributed by atoms with Crippen molar-refractivity contribution in [2.45, 2.75) is 18.9 Å². The van der Waals surface area contributed by atoms with E-state index in [2.05, 4.69) is 11.5 Å². The summed E-state index contributed by atoms with van der Waals surface area (Å²) >= 11 is 0. The van der Waals surface area contributed by atoms with Crippen LogP contribution in [-0.2, 0) is 4.79 Å². The fourth-order valence-electron chi connectivity index (χ4n) is 1.85. The first-order valence-electron chi connectivity index (χ1n) is 4.73. The first-order chi connectivity index (χ1) is 6.15. The number of likely N-dealkylation sites (tertiary alicyclic amines) is 1. The van der Waals surface area contributed by atoms with Gasteiger partial charge in [-0.3, -0.25) is 4.79 Å². The summed E-state index contributed by atoms with van der Waals surface area (Å²) < 4.78 is 0. The Labute approximate surface area is 80.0 Å². The molecule has 74 valence electrons. The molecule has 1 fully saturated rings. The van der Waals surface area contributed by atoms with Crippen LogP contribution in [0.15, 0.2) is 12.7 Å². The third-order valence-electron chi connectivity index (χ3n) is 2.41. The van der Waals surface area contributed by atoms with E-state index in [1.54, 1.807) is 0 Å². The summed E-state index contributed by atoms with van der Waals surface area (Å²) in [6.07, 6.45) is 3.66. The van der Waals surface area contributed by atoms with Gasteiger partial charge < -0.3 is 9.80 Å². The molecule has 0 aromatic carbocycles. The van der Waals surface area contributed by atoms with Crippen LogP contribution in [0.4, 0.5) is 0 Å². The minimum Gasteiger partial charge on any atom is -0.335 e. The highest BCUT2D eigenvalue weighted by Gasteiger charge is 2.27. The number of amides is 1. The molecule has 0 bridgehead atoms. The van der Waals surface area contributed by atoms with Crippen LogP contribution in [-0.4, -0.2) is 48.9 Å². The predicted molar refractivity (Wildman–Crippen MR) is 53.5 cm³/mol. The number of hydrogen-bond acceptors (Lipinski definition) is 2. The number of nitrogens with zero attached hydrogens (tertiary/aromatic N) is 2. The van der Waals surface area contributed by atoms with Crippen LogP contribution in [0, 0.1) is 0 Å². The first-order valence-corrected chi connectivity index (χ1v) is 4.73. The quantitative estimate of drug-likeness (QED) is 0.601. The zero-order chi connectivity index (χ0) is 9.84. The van der Waals surface area contributed by atoms with Crippen LogP contribution in [0.5, 0.6) is 0 Å². The van der Waals surface area contributed by atoms with Gasteiger partial charge in [0.05, 0.1) is 0 Å². The molecular formula is C10H18N2O. The Hall–Kier alpha value is -0.830. The van der Waals surface area contributed by atoms with E-state index < -0.39 is 0 Å². The maximum absolute atomic E-state index is 11.4. The van der Waals surface area contributed by atoms with Gasteiger partial charge in [0.2, 0.25) is 5.91 Å². The number of likely N-dealkylation sites (N-methyl/N-ethyl adjacent to an activating group) is 1. The van der Waals surface area contributed by atoms with Gasteiger partial charge in [-0.1, -0.05) is 6.58 Å². The van der Waals surface area contributed by atoms with E-state index in [9.17, 15) is 4.79 Å². The molecule has 3 nitrogen and oxygen atoms in total. The number of carbonyl (C=O) groups excluding carboxylic acids is 1. The van der Waals surface area contributed by atoms with E-state index in [4.69, 9.17) is 0 Å². The van der Waals surface area contributed by atoms with E-state index in [0.717, 1.165) is 25.9 Å². The number of rotatable bonds is 3. The fourth-order valence-corrected chi connectivity index (χ4v) is 1.85. The summed E-state index contributed by atoms with van der Waals surface area (Å²) in [5.74, 6) is 0.0735. The van der Waals surface area contributed by atoms with Crippen LogP contribution in [0.25, 0.3) is 0 Å². The second kappa shape index (κ2) is 4.42. The van der Waals surface area contributed by atoms with Crippen LogP contribution in [0.3, 0.4) is 0 Å². The van der Waals surface area contributed by atoms with Crippen molar-refractivity contribution in [2.24, 2.45) is 0 Å².